The molecule has 5 rings (SSSR count). The van der Waals surface area contributed by atoms with Crippen molar-refractivity contribution in [1.29, 1.82) is 0 Å². The monoisotopic (exact) mass is 477 g/mol. The zero-order chi connectivity index (χ0) is 24.0. The molecular weight excluding hydrogens is 450 g/mol. The van der Waals surface area contributed by atoms with Gasteiger partial charge < -0.3 is 10.6 Å². The van der Waals surface area contributed by atoms with E-state index in [-0.39, 0.29) is 11.0 Å². The van der Waals surface area contributed by atoms with Gasteiger partial charge in [0.2, 0.25) is 5.95 Å². The molecule has 1 aliphatic heterocycles. The van der Waals surface area contributed by atoms with Crippen LogP contribution in [0.3, 0.4) is 0 Å². The quantitative estimate of drug-likeness (QED) is 0.454. The molecule has 0 saturated heterocycles. The van der Waals surface area contributed by atoms with E-state index in [4.69, 9.17) is 21.6 Å². The lowest BCUT2D eigenvalue weighted by molar-refractivity contribution is 0.545. The van der Waals surface area contributed by atoms with Gasteiger partial charge in [-0.2, -0.15) is 4.98 Å². The van der Waals surface area contributed by atoms with Crippen LogP contribution < -0.4 is 16.2 Å². The van der Waals surface area contributed by atoms with Gasteiger partial charge in [0.25, 0.3) is 5.56 Å². The Labute approximate surface area is 203 Å². The maximum atomic E-state index is 13.1. The molecule has 0 bridgehead atoms. The number of fused-ring (bicyclic) bond motifs is 2. The highest BCUT2D eigenvalue weighted by Crippen LogP contribution is 2.29. The van der Waals surface area contributed by atoms with Gasteiger partial charge in [-0.15, -0.1) is 0 Å². The second kappa shape index (κ2) is 8.52. The second-order valence-corrected chi connectivity index (χ2v) is 9.95. The van der Waals surface area contributed by atoms with Crippen molar-refractivity contribution in [3.05, 3.63) is 68.7 Å². The van der Waals surface area contributed by atoms with Gasteiger partial charge in [-0.05, 0) is 55.3 Å². The zero-order valence-electron chi connectivity index (χ0n) is 19.8. The van der Waals surface area contributed by atoms with Gasteiger partial charge in [0, 0.05) is 41.1 Å². The lowest BCUT2D eigenvalue weighted by Crippen LogP contribution is -2.24. The number of aromatic nitrogens is 5. The summed E-state index contributed by atoms with van der Waals surface area (Å²) in [6.45, 7) is 10.5. The number of anilines is 2. The van der Waals surface area contributed by atoms with Crippen LogP contribution in [0.5, 0.6) is 0 Å². The van der Waals surface area contributed by atoms with Crippen LogP contribution in [0.1, 0.15) is 44.5 Å². The van der Waals surface area contributed by atoms with E-state index in [1.54, 1.807) is 15.6 Å². The molecule has 9 heteroatoms. The normalized spacial score (nSPS) is 13.8. The molecule has 2 N–H and O–H groups in total. The molecule has 0 aliphatic carbocycles. The Morgan fingerprint density at radius 3 is 2.79 bits per heavy atom. The highest BCUT2D eigenvalue weighted by atomic mass is 35.5. The maximum absolute atomic E-state index is 13.1. The molecular formula is C25H28ClN7O. The van der Waals surface area contributed by atoms with E-state index in [0.29, 0.717) is 34.4 Å². The van der Waals surface area contributed by atoms with Crippen molar-refractivity contribution in [3.63, 3.8) is 0 Å². The van der Waals surface area contributed by atoms with Gasteiger partial charge in [-0.3, -0.25) is 4.79 Å². The van der Waals surface area contributed by atoms with E-state index in [1.165, 1.54) is 5.56 Å². The molecule has 4 heterocycles. The molecule has 0 radical (unpaired) electrons. The lowest BCUT2D eigenvalue weighted by atomic mass is 9.92. The van der Waals surface area contributed by atoms with E-state index in [1.807, 2.05) is 31.2 Å². The fraction of sp³-hybridized carbons (Fsp3) is 0.360. The third-order valence-electron chi connectivity index (χ3n) is 6.11. The highest BCUT2D eigenvalue weighted by molar-refractivity contribution is 6.31. The highest BCUT2D eigenvalue weighted by Gasteiger charge is 2.21. The van der Waals surface area contributed by atoms with Crippen LogP contribution in [-0.4, -0.2) is 30.9 Å². The average Bonchev–Trinajstić information content (AvgIpc) is 3.09. The van der Waals surface area contributed by atoms with E-state index in [0.717, 1.165) is 36.5 Å². The summed E-state index contributed by atoms with van der Waals surface area (Å²) in [5, 5.41) is 7.79. The molecule has 0 fully saturated rings. The molecule has 3 aromatic heterocycles. The van der Waals surface area contributed by atoms with Gasteiger partial charge in [0.1, 0.15) is 5.39 Å². The van der Waals surface area contributed by atoms with Crippen LogP contribution >= 0.6 is 11.6 Å². The van der Waals surface area contributed by atoms with Crippen LogP contribution in [0.4, 0.5) is 11.6 Å². The maximum Gasteiger partial charge on any atom is 0.278 e. The van der Waals surface area contributed by atoms with E-state index in [9.17, 15) is 4.79 Å². The first-order valence-electron chi connectivity index (χ1n) is 11.5. The Morgan fingerprint density at radius 1 is 1.21 bits per heavy atom. The number of benzene rings is 1. The summed E-state index contributed by atoms with van der Waals surface area (Å²) in [4.78, 5) is 27.1. The zero-order valence-corrected chi connectivity index (χ0v) is 20.6. The number of nitrogens with one attached hydrogen (secondary N) is 2. The standard InChI is InChI=1S/C25H28ClN7O/c1-5-32-23(34)18-14-28-24(29-16-11-15-9-10-27-13-17(15)19(26)12-16)31-22(18)33(32)21-8-6-7-20(30-21)25(2,3)4/h6-8,11-12,14,27H,5,9-10,13H2,1-4H3,(H,28,29,31). The fourth-order valence-corrected chi connectivity index (χ4v) is 4.62. The molecule has 1 aromatic carbocycles. The Balaban J connectivity index is 1.61. The molecule has 0 unspecified atom stereocenters. The summed E-state index contributed by atoms with van der Waals surface area (Å²) in [5.41, 5.74) is 4.35. The predicted octanol–water partition coefficient (Wildman–Crippen LogP) is 4.34. The summed E-state index contributed by atoms with van der Waals surface area (Å²) in [6.07, 6.45) is 2.49. The number of hydrogen-bond acceptors (Lipinski definition) is 6. The lowest BCUT2D eigenvalue weighted by Gasteiger charge is -2.20. The first kappa shape index (κ1) is 22.6. The van der Waals surface area contributed by atoms with Gasteiger partial charge in [0.05, 0.1) is 0 Å². The number of nitrogens with zero attached hydrogens (tertiary/aromatic N) is 5. The Hall–Kier alpha value is -3.23. The minimum absolute atomic E-state index is 0.126. The van der Waals surface area contributed by atoms with Crippen molar-refractivity contribution >= 4 is 34.3 Å². The Morgan fingerprint density at radius 2 is 2.03 bits per heavy atom. The summed E-state index contributed by atoms with van der Waals surface area (Å²) in [6, 6.07) is 9.84. The Kier molecular flexibility index (Phi) is 5.65. The van der Waals surface area contributed by atoms with E-state index < -0.39 is 0 Å². The third-order valence-corrected chi connectivity index (χ3v) is 6.45. The van der Waals surface area contributed by atoms with Crippen molar-refractivity contribution in [1.82, 2.24) is 29.6 Å². The smallest absolute Gasteiger partial charge is 0.278 e. The largest absolute Gasteiger partial charge is 0.324 e. The molecule has 8 nitrogen and oxygen atoms in total. The number of pyridine rings is 1. The van der Waals surface area contributed by atoms with Crippen molar-refractivity contribution in [2.45, 2.75) is 52.6 Å². The number of halogens is 1. The number of hydrogen-bond donors (Lipinski definition) is 2. The van der Waals surface area contributed by atoms with E-state index in [2.05, 4.69) is 42.5 Å². The van der Waals surface area contributed by atoms with Crippen LogP contribution in [-0.2, 0) is 24.9 Å². The molecule has 34 heavy (non-hydrogen) atoms. The van der Waals surface area contributed by atoms with Crippen molar-refractivity contribution in [3.8, 4) is 5.82 Å². The SMILES string of the molecule is CCn1c(=O)c2cnc(Nc3cc(Cl)c4c(c3)CCNC4)nc2n1-c1cccc(C(C)(C)C)n1. The molecule has 0 saturated carbocycles. The molecule has 0 atom stereocenters. The summed E-state index contributed by atoms with van der Waals surface area (Å²) in [5.74, 6) is 1.04. The van der Waals surface area contributed by atoms with Crippen LogP contribution in [0.15, 0.2) is 41.3 Å². The molecule has 0 spiro atoms. The van der Waals surface area contributed by atoms with Crippen LogP contribution in [0, 0.1) is 0 Å². The first-order valence-corrected chi connectivity index (χ1v) is 11.9. The van der Waals surface area contributed by atoms with Crippen molar-refractivity contribution in [2.24, 2.45) is 0 Å². The van der Waals surface area contributed by atoms with Gasteiger partial charge in [-0.25, -0.2) is 19.3 Å². The summed E-state index contributed by atoms with van der Waals surface area (Å²) >= 11 is 6.53. The predicted molar refractivity (Wildman–Crippen MR) is 135 cm³/mol. The van der Waals surface area contributed by atoms with Crippen LogP contribution in [0.2, 0.25) is 5.02 Å². The number of rotatable bonds is 4. The first-order chi connectivity index (χ1) is 16.3. The molecule has 0 amide bonds. The third kappa shape index (κ3) is 3.97. The fourth-order valence-electron chi connectivity index (χ4n) is 4.32. The minimum Gasteiger partial charge on any atom is -0.324 e. The molecule has 4 aromatic rings. The van der Waals surface area contributed by atoms with Gasteiger partial charge in [-0.1, -0.05) is 38.4 Å². The summed E-state index contributed by atoms with van der Waals surface area (Å²) in [7, 11) is 0. The van der Waals surface area contributed by atoms with E-state index >= 15 is 0 Å². The van der Waals surface area contributed by atoms with Crippen molar-refractivity contribution < 1.29 is 0 Å². The average molecular weight is 478 g/mol. The van der Waals surface area contributed by atoms with Gasteiger partial charge >= 0.3 is 0 Å². The van der Waals surface area contributed by atoms with Crippen LogP contribution in [0.25, 0.3) is 16.9 Å². The topological polar surface area (TPSA) is 89.7 Å². The molecule has 1 aliphatic rings. The second-order valence-electron chi connectivity index (χ2n) is 9.54. The summed E-state index contributed by atoms with van der Waals surface area (Å²) < 4.78 is 3.42. The Bertz CT molecular complexity index is 1450. The van der Waals surface area contributed by atoms with Crippen molar-refractivity contribution in [2.75, 3.05) is 11.9 Å². The molecule has 176 valence electrons. The van der Waals surface area contributed by atoms with Gasteiger partial charge in [0.15, 0.2) is 11.5 Å². The minimum atomic E-state index is -0.142.